The molecular formula is C20H20Cl2N2Zr. The van der Waals surface area contributed by atoms with Crippen LogP contribution in [0, 0.1) is 6.08 Å². The molecule has 2 nitrogen and oxygen atoms in total. The van der Waals surface area contributed by atoms with Crippen molar-refractivity contribution in [2.45, 2.75) is 26.2 Å². The van der Waals surface area contributed by atoms with E-state index in [0.29, 0.717) is 0 Å². The molecule has 3 aromatic rings. The summed E-state index contributed by atoms with van der Waals surface area (Å²) in [6.45, 7) is 2.20. The van der Waals surface area contributed by atoms with Crippen LogP contribution in [0.4, 0.5) is 0 Å². The largest absolute Gasteiger partial charge is 0.325 e. The number of fused-ring (bicyclic) bond motifs is 1. The standard InChI is InChI=1S/C12H9N2.C8H11.2ClH.Zr/c1-2-4-11-8-12(7-10(11)3-1)14-6-5-13-9-14;1-2-5-8-6-3-4-7-8;;;/h1-9H;3,6H,2,4-5H2,1H3;2*1H;/q2*-1;;;+4/p-2. The van der Waals surface area contributed by atoms with Gasteiger partial charge in [-0.05, 0) is 5.69 Å². The van der Waals surface area contributed by atoms with Crippen LogP contribution in [0.25, 0.3) is 16.5 Å². The van der Waals surface area contributed by atoms with Crippen molar-refractivity contribution in [2.24, 2.45) is 0 Å². The van der Waals surface area contributed by atoms with Gasteiger partial charge in [0, 0.05) is 12.4 Å². The van der Waals surface area contributed by atoms with Crippen molar-refractivity contribution >= 4 is 27.8 Å². The van der Waals surface area contributed by atoms with Crippen molar-refractivity contribution < 1.29 is 20.8 Å². The van der Waals surface area contributed by atoms with Gasteiger partial charge in [-0.15, -0.1) is 47.5 Å². The van der Waals surface area contributed by atoms with Gasteiger partial charge in [0.05, 0.1) is 6.33 Å². The van der Waals surface area contributed by atoms with E-state index in [2.05, 4.69) is 66.5 Å². The Labute approximate surface area is 168 Å². The molecule has 128 valence electrons. The monoisotopic (exact) mass is 448 g/mol. The molecule has 0 spiro atoms. The van der Waals surface area contributed by atoms with Gasteiger partial charge in [-0.25, -0.2) is 16.6 Å². The van der Waals surface area contributed by atoms with Gasteiger partial charge in [-0.2, -0.15) is 6.08 Å². The summed E-state index contributed by atoms with van der Waals surface area (Å²) in [5.74, 6) is 0. The number of benzene rings is 1. The first-order chi connectivity index (χ1) is 12.3. The molecule has 0 amide bonds. The van der Waals surface area contributed by atoms with Crippen molar-refractivity contribution in [3.8, 4) is 5.69 Å². The van der Waals surface area contributed by atoms with Crippen molar-refractivity contribution in [1.29, 1.82) is 0 Å². The minimum Gasteiger partial charge on any atom is -0.325 e. The molecule has 1 heterocycles. The molecule has 4 rings (SSSR count). The Morgan fingerprint density at radius 2 is 2.12 bits per heavy atom. The number of rotatable bonds is 3. The zero-order valence-corrected chi connectivity index (χ0v) is 18.1. The van der Waals surface area contributed by atoms with E-state index in [1.165, 1.54) is 34.9 Å². The van der Waals surface area contributed by atoms with Crippen LogP contribution in [0.5, 0.6) is 0 Å². The van der Waals surface area contributed by atoms with E-state index in [1.807, 2.05) is 17.1 Å². The van der Waals surface area contributed by atoms with Crippen LogP contribution < -0.4 is 0 Å². The summed E-state index contributed by atoms with van der Waals surface area (Å²) >= 11 is -0.826. The van der Waals surface area contributed by atoms with Crippen LogP contribution in [0.2, 0.25) is 0 Å². The molecule has 1 aliphatic carbocycles. The van der Waals surface area contributed by atoms with Crippen LogP contribution in [0.3, 0.4) is 0 Å². The average molecular weight is 451 g/mol. The Hall–Kier alpha value is -1.02. The molecule has 0 saturated carbocycles. The third-order valence-corrected chi connectivity index (χ3v) is 3.69. The van der Waals surface area contributed by atoms with E-state index in [-0.39, 0.29) is 0 Å². The van der Waals surface area contributed by atoms with Crippen molar-refractivity contribution in [3.05, 3.63) is 78.9 Å². The van der Waals surface area contributed by atoms with Crippen molar-refractivity contribution in [1.82, 2.24) is 9.55 Å². The van der Waals surface area contributed by atoms with Gasteiger partial charge in [0.25, 0.3) is 0 Å². The fraction of sp³-hybridized carbons (Fsp3) is 0.200. The maximum absolute atomic E-state index is 4.93. The topological polar surface area (TPSA) is 17.8 Å². The molecule has 0 bridgehead atoms. The van der Waals surface area contributed by atoms with E-state index in [9.17, 15) is 0 Å². The quantitative estimate of drug-likeness (QED) is 0.411. The van der Waals surface area contributed by atoms with Crippen LogP contribution in [0.15, 0.2) is 72.8 Å². The van der Waals surface area contributed by atoms with Gasteiger partial charge >= 0.3 is 37.9 Å². The van der Waals surface area contributed by atoms with Gasteiger partial charge in [-0.3, -0.25) is 6.08 Å². The number of halogens is 2. The summed E-state index contributed by atoms with van der Waals surface area (Å²) in [6, 6.07) is 12.7. The number of hydrogen-bond acceptors (Lipinski definition) is 1. The molecule has 0 saturated heterocycles. The van der Waals surface area contributed by atoms with Gasteiger partial charge in [0.1, 0.15) is 0 Å². The second kappa shape index (κ2) is 11.6. The third kappa shape index (κ3) is 6.66. The Kier molecular flexibility index (Phi) is 9.39. The SMILES string of the molecule is CCCC1=[C-]CC=C1.[Cl][Zr+2][Cl].c1ccc2[cH-]c(-n3ccnc3)cc2c1. The second-order valence-corrected chi connectivity index (χ2v) is 9.17. The van der Waals surface area contributed by atoms with Gasteiger partial charge < -0.3 is 4.57 Å². The molecule has 1 aromatic heterocycles. The summed E-state index contributed by atoms with van der Waals surface area (Å²) in [7, 11) is 9.87. The van der Waals surface area contributed by atoms with E-state index < -0.39 is 20.8 Å². The first-order valence-corrected chi connectivity index (χ1v) is 14.5. The molecule has 2 aromatic carbocycles. The summed E-state index contributed by atoms with van der Waals surface area (Å²) in [4.78, 5) is 4.03. The Morgan fingerprint density at radius 1 is 1.32 bits per heavy atom. The fourth-order valence-electron chi connectivity index (χ4n) is 2.59. The summed E-state index contributed by atoms with van der Waals surface area (Å²) in [5, 5.41) is 2.55. The number of imidazole rings is 1. The van der Waals surface area contributed by atoms with Gasteiger partial charge in [0.2, 0.25) is 0 Å². The van der Waals surface area contributed by atoms with Crippen LogP contribution >= 0.6 is 17.0 Å². The Bertz CT molecular complexity index is 771. The molecular weight excluding hydrogens is 430 g/mol. The molecule has 25 heavy (non-hydrogen) atoms. The van der Waals surface area contributed by atoms with E-state index >= 15 is 0 Å². The number of nitrogens with zero attached hydrogens (tertiary/aromatic N) is 2. The first kappa shape index (κ1) is 20.3. The second-order valence-electron chi connectivity index (χ2n) is 5.44. The van der Waals surface area contributed by atoms with Crippen molar-refractivity contribution in [3.63, 3.8) is 0 Å². The molecule has 0 radical (unpaired) electrons. The smallest absolute Gasteiger partial charge is 0.0977 e. The van der Waals surface area contributed by atoms with E-state index in [1.54, 1.807) is 6.20 Å². The predicted molar refractivity (Wildman–Crippen MR) is 104 cm³/mol. The van der Waals surface area contributed by atoms with Gasteiger partial charge in [0.15, 0.2) is 0 Å². The minimum absolute atomic E-state index is 0.826. The first-order valence-electron chi connectivity index (χ1n) is 8.14. The van der Waals surface area contributed by atoms with E-state index in [0.717, 1.165) is 6.42 Å². The average Bonchev–Trinajstić information content (AvgIpc) is 3.37. The number of allylic oxidation sites excluding steroid dienone is 4. The fourth-order valence-corrected chi connectivity index (χ4v) is 2.59. The molecule has 1 aliphatic rings. The van der Waals surface area contributed by atoms with Crippen LogP contribution in [-0.4, -0.2) is 9.55 Å². The Balaban J connectivity index is 0.000000175. The molecule has 0 aliphatic heterocycles. The third-order valence-electron chi connectivity index (χ3n) is 3.69. The molecule has 0 atom stereocenters. The molecule has 5 heteroatoms. The van der Waals surface area contributed by atoms with E-state index in [4.69, 9.17) is 17.0 Å². The maximum atomic E-state index is 4.93. The molecule has 0 N–H and O–H groups in total. The van der Waals surface area contributed by atoms with Crippen molar-refractivity contribution in [2.75, 3.05) is 0 Å². The molecule has 0 fully saturated rings. The number of aromatic nitrogens is 2. The predicted octanol–water partition coefficient (Wildman–Crippen LogP) is 6.60. The molecule has 0 unspecified atom stereocenters. The van der Waals surface area contributed by atoms with Crippen LogP contribution in [0.1, 0.15) is 26.2 Å². The zero-order chi connectivity index (χ0) is 17.9. The number of hydrogen-bond donors (Lipinski definition) is 0. The summed E-state index contributed by atoms with van der Waals surface area (Å²) < 4.78 is 2.01. The normalized spacial score (nSPS) is 11.9. The van der Waals surface area contributed by atoms with Gasteiger partial charge in [-0.1, -0.05) is 25.8 Å². The summed E-state index contributed by atoms with van der Waals surface area (Å²) in [5.41, 5.74) is 2.57. The summed E-state index contributed by atoms with van der Waals surface area (Å²) in [6.07, 6.45) is 16.6. The maximum Gasteiger partial charge on any atom is 0.0977 e. The Morgan fingerprint density at radius 3 is 2.72 bits per heavy atom. The minimum atomic E-state index is -0.826. The zero-order valence-electron chi connectivity index (χ0n) is 14.1. The van der Waals surface area contributed by atoms with Crippen LogP contribution in [-0.2, 0) is 20.8 Å².